The predicted molar refractivity (Wildman–Crippen MR) is 79.7 cm³/mol. The van der Waals surface area contributed by atoms with E-state index in [1.807, 2.05) is 13.8 Å². The molecule has 0 radical (unpaired) electrons. The molecule has 0 aliphatic rings. The summed E-state index contributed by atoms with van der Waals surface area (Å²) in [7, 11) is 0. The van der Waals surface area contributed by atoms with Gasteiger partial charge in [0, 0.05) is 16.7 Å². The van der Waals surface area contributed by atoms with Gasteiger partial charge in [-0.05, 0) is 38.1 Å². The average molecular weight is 311 g/mol. The summed E-state index contributed by atoms with van der Waals surface area (Å²) >= 11 is 12.1. The molecular formula is C14H12Cl2N2O2. The van der Waals surface area contributed by atoms with Crippen LogP contribution in [0.5, 0.6) is 0 Å². The number of hydrogen-bond acceptors (Lipinski definition) is 2. The second-order valence-corrected chi connectivity index (χ2v) is 5.09. The van der Waals surface area contributed by atoms with Crippen molar-refractivity contribution in [1.29, 1.82) is 0 Å². The maximum atomic E-state index is 10.7. The van der Waals surface area contributed by atoms with Crippen LogP contribution in [0.1, 0.15) is 17.0 Å². The molecule has 2 aromatic rings. The van der Waals surface area contributed by atoms with Crippen molar-refractivity contribution < 1.29 is 9.90 Å². The first-order valence-electron chi connectivity index (χ1n) is 5.83. The van der Waals surface area contributed by atoms with E-state index in [0.29, 0.717) is 21.3 Å². The summed E-state index contributed by atoms with van der Waals surface area (Å²) in [5.74, 6) is -1.03. The monoisotopic (exact) mass is 310 g/mol. The van der Waals surface area contributed by atoms with Crippen LogP contribution in [-0.4, -0.2) is 20.9 Å². The topological polar surface area (TPSA) is 55.1 Å². The van der Waals surface area contributed by atoms with Crippen molar-refractivity contribution >= 4 is 35.2 Å². The lowest BCUT2D eigenvalue weighted by molar-refractivity contribution is -0.131. The number of halogens is 2. The van der Waals surface area contributed by atoms with Crippen molar-refractivity contribution in [2.75, 3.05) is 0 Å². The first kappa shape index (κ1) is 14.6. The Kier molecular flexibility index (Phi) is 4.16. The Morgan fingerprint density at radius 1 is 1.35 bits per heavy atom. The van der Waals surface area contributed by atoms with Gasteiger partial charge in [0.25, 0.3) is 0 Å². The first-order chi connectivity index (χ1) is 9.40. The molecule has 6 heteroatoms. The molecule has 0 saturated carbocycles. The van der Waals surface area contributed by atoms with Crippen LogP contribution >= 0.6 is 23.2 Å². The van der Waals surface area contributed by atoms with Crippen LogP contribution in [0, 0.1) is 13.8 Å². The minimum atomic E-state index is -1.03. The summed E-state index contributed by atoms with van der Waals surface area (Å²) in [5.41, 5.74) is 2.88. The van der Waals surface area contributed by atoms with Gasteiger partial charge in [0.1, 0.15) is 0 Å². The van der Waals surface area contributed by atoms with Crippen molar-refractivity contribution in [3.63, 3.8) is 0 Å². The summed E-state index contributed by atoms with van der Waals surface area (Å²) < 4.78 is 1.68. The van der Waals surface area contributed by atoms with Crippen molar-refractivity contribution in [1.82, 2.24) is 9.78 Å². The van der Waals surface area contributed by atoms with Crippen molar-refractivity contribution in [2.24, 2.45) is 0 Å². The van der Waals surface area contributed by atoms with Gasteiger partial charge in [-0.15, -0.1) is 0 Å². The maximum Gasteiger partial charge on any atom is 0.328 e. The molecule has 1 aromatic carbocycles. The molecule has 0 bridgehead atoms. The van der Waals surface area contributed by atoms with E-state index in [9.17, 15) is 4.79 Å². The van der Waals surface area contributed by atoms with Gasteiger partial charge >= 0.3 is 5.97 Å². The molecule has 1 aromatic heterocycles. The molecule has 0 spiro atoms. The summed E-state index contributed by atoms with van der Waals surface area (Å²) in [4.78, 5) is 10.7. The van der Waals surface area contributed by atoms with Crippen LogP contribution in [0.3, 0.4) is 0 Å². The number of benzene rings is 1. The number of rotatable bonds is 3. The second kappa shape index (κ2) is 5.69. The predicted octanol–water partition coefficient (Wildman–Crippen LogP) is 3.89. The molecule has 0 fully saturated rings. The third-order valence-corrected chi connectivity index (χ3v) is 3.61. The molecule has 1 N–H and O–H groups in total. The van der Waals surface area contributed by atoms with Gasteiger partial charge in [0.05, 0.1) is 22.1 Å². The largest absolute Gasteiger partial charge is 0.478 e. The normalized spacial score (nSPS) is 11.2. The smallest absolute Gasteiger partial charge is 0.328 e. The Labute approximate surface area is 126 Å². The first-order valence-corrected chi connectivity index (χ1v) is 6.58. The van der Waals surface area contributed by atoms with Crippen LogP contribution in [-0.2, 0) is 4.79 Å². The summed E-state index contributed by atoms with van der Waals surface area (Å²) in [6.07, 6.45) is 2.54. The Morgan fingerprint density at radius 3 is 2.60 bits per heavy atom. The van der Waals surface area contributed by atoms with E-state index in [1.54, 1.807) is 22.9 Å². The lowest BCUT2D eigenvalue weighted by Crippen LogP contribution is -2.01. The highest BCUT2D eigenvalue weighted by Crippen LogP contribution is 2.26. The Hall–Kier alpha value is -1.78. The average Bonchev–Trinajstić information content (AvgIpc) is 2.64. The lowest BCUT2D eigenvalue weighted by atomic mass is 10.1. The number of carboxylic acids is 1. The number of carbonyl (C=O) groups is 1. The Bertz CT molecular complexity index is 705. The zero-order valence-electron chi connectivity index (χ0n) is 10.9. The van der Waals surface area contributed by atoms with Gasteiger partial charge in [-0.1, -0.05) is 23.2 Å². The van der Waals surface area contributed by atoms with Gasteiger partial charge in [-0.25, -0.2) is 9.48 Å². The van der Waals surface area contributed by atoms with E-state index < -0.39 is 5.97 Å². The number of aliphatic carboxylic acids is 1. The van der Waals surface area contributed by atoms with Gasteiger partial charge in [-0.2, -0.15) is 5.10 Å². The standard InChI is InChI=1S/C14H12Cl2N2O2/c1-8-14(16)9(2)18(17-8)12-5-4-11(15)7-10(12)3-6-13(19)20/h3-7H,1-2H3,(H,19,20)/b6-3+. The number of nitrogens with zero attached hydrogens (tertiary/aromatic N) is 2. The van der Waals surface area contributed by atoms with Gasteiger partial charge < -0.3 is 5.11 Å². The molecule has 0 atom stereocenters. The van der Waals surface area contributed by atoms with Crippen molar-refractivity contribution in [2.45, 2.75) is 13.8 Å². The molecule has 4 nitrogen and oxygen atoms in total. The van der Waals surface area contributed by atoms with Gasteiger partial charge in [-0.3, -0.25) is 0 Å². The van der Waals surface area contributed by atoms with Gasteiger partial charge in [0.2, 0.25) is 0 Å². The minimum absolute atomic E-state index is 0.520. The third-order valence-electron chi connectivity index (χ3n) is 2.83. The minimum Gasteiger partial charge on any atom is -0.478 e. The molecular weight excluding hydrogens is 299 g/mol. The highest BCUT2D eigenvalue weighted by atomic mass is 35.5. The highest BCUT2D eigenvalue weighted by molar-refractivity contribution is 6.32. The molecule has 2 rings (SSSR count). The van der Waals surface area contributed by atoms with Gasteiger partial charge in [0.15, 0.2) is 0 Å². The SMILES string of the molecule is Cc1nn(-c2ccc(Cl)cc2/C=C/C(=O)O)c(C)c1Cl. The number of carboxylic acid groups (broad SMARTS) is 1. The number of hydrogen-bond donors (Lipinski definition) is 1. The Morgan fingerprint density at radius 2 is 2.05 bits per heavy atom. The van der Waals surface area contributed by atoms with E-state index in [2.05, 4.69) is 5.10 Å². The molecule has 1 heterocycles. The second-order valence-electron chi connectivity index (χ2n) is 4.27. The van der Waals surface area contributed by atoms with E-state index in [1.165, 1.54) is 6.08 Å². The quantitative estimate of drug-likeness (QED) is 0.875. The van der Waals surface area contributed by atoms with Crippen LogP contribution in [0.15, 0.2) is 24.3 Å². The number of aromatic nitrogens is 2. The zero-order chi connectivity index (χ0) is 14.9. The number of aryl methyl sites for hydroxylation is 1. The summed E-state index contributed by atoms with van der Waals surface area (Å²) in [6.45, 7) is 3.66. The third kappa shape index (κ3) is 2.86. The lowest BCUT2D eigenvalue weighted by Gasteiger charge is -2.09. The summed E-state index contributed by atoms with van der Waals surface area (Å²) in [5, 5.41) is 14.2. The van der Waals surface area contributed by atoms with Crippen molar-refractivity contribution in [3.05, 3.63) is 51.3 Å². The fourth-order valence-corrected chi connectivity index (χ4v) is 2.17. The maximum absolute atomic E-state index is 10.7. The van der Waals surface area contributed by atoms with E-state index in [0.717, 1.165) is 17.5 Å². The molecule has 0 aliphatic heterocycles. The fraction of sp³-hybridized carbons (Fsp3) is 0.143. The summed E-state index contributed by atoms with van der Waals surface area (Å²) in [6, 6.07) is 5.18. The van der Waals surface area contributed by atoms with E-state index >= 15 is 0 Å². The van der Waals surface area contributed by atoms with Crippen LogP contribution < -0.4 is 0 Å². The molecule has 0 unspecified atom stereocenters. The van der Waals surface area contributed by atoms with E-state index in [-0.39, 0.29) is 0 Å². The van der Waals surface area contributed by atoms with Crippen LogP contribution in [0.2, 0.25) is 10.0 Å². The van der Waals surface area contributed by atoms with Crippen molar-refractivity contribution in [3.8, 4) is 5.69 Å². The van der Waals surface area contributed by atoms with Crippen LogP contribution in [0.25, 0.3) is 11.8 Å². The Balaban J connectivity index is 2.61. The molecule has 0 aliphatic carbocycles. The molecule has 20 heavy (non-hydrogen) atoms. The molecule has 104 valence electrons. The fourth-order valence-electron chi connectivity index (χ4n) is 1.87. The zero-order valence-corrected chi connectivity index (χ0v) is 12.4. The van der Waals surface area contributed by atoms with E-state index in [4.69, 9.17) is 28.3 Å². The molecule has 0 amide bonds. The molecule has 0 saturated heterocycles. The van der Waals surface area contributed by atoms with Crippen LogP contribution in [0.4, 0.5) is 0 Å². The highest BCUT2D eigenvalue weighted by Gasteiger charge is 2.13.